The Morgan fingerprint density at radius 2 is 1.54 bits per heavy atom. The lowest BCUT2D eigenvalue weighted by Crippen LogP contribution is -2.30. The number of halogens is 2. The topological polar surface area (TPSA) is 44.8 Å². The minimum Gasteiger partial charge on any atom is -0.493 e. The van der Waals surface area contributed by atoms with Gasteiger partial charge in [-0.25, -0.2) is 9.18 Å². The Kier molecular flexibility index (Phi) is 14.0. The molecule has 1 aliphatic rings. The third kappa shape index (κ3) is 11.0. The third-order valence-corrected chi connectivity index (χ3v) is 7.80. The summed E-state index contributed by atoms with van der Waals surface area (Å²) in [5.74, 6) is 1.27. The second kappa shape index (κ2) is 17.4. The maximum Gasteiger partial charge on any atom is 0.340 e. The average Bonchev–Trinajstić information content (AvgIpc) is 2.96. The van der Waals surface area contributed by atoms with Crippen LogP contribution in [0.2, 0.25) is 5.02 Å². The molecule has 0 aromatic heterocycles. The zero-order chi connectivity index (χ0) is 27.9. The van der Waals surface area contributed by atoms with Crippen molar-refractivity contribution in [3.8, 4) is 22.6 Å². The zero-order valence-corrected chi connectivity index (χ0v) is 24.5. The highest BCUT2D eigenvalue weighted by atomic mass is 35.5. The van der Waals surface area contributed by atoms with E-state index in [0.717, 1.165) is 61.2 Å². The molecule has 0 bridgehead atoms. The fourth-order valence-corrected chi connectivity index (χ4v) is 5.21. The molecule has 2 aromatic rings. The summed E-state index contributed by atoms with van der Waals surface area (Å²) in [6.07, 6.45) is 10.9. The maximum absolute atomic E-state index is 13.9. The van der Waals surface area contributed by atoms with Gasteiger partial charge < -0.3 is 14.2 Å². The van der Waals surface area contributed by atoms with E-state index in [1.165, 1.54) is 32.1 Å². The first kappa shape index (κ1) is 31.3. The molecular weight excluding hydrogens is 515 g/mol. The van der Waals surface area contributed by atoms with E-state index in [9.17, 15) is 9.18 Å². The van der Waals surface area contributed by atoms with E-state index in [1.54, 1.807) is 0 Å². The van der Waals surface area contributed by atoms with Gasteiger partial charge in [-0.2, -0.15) is 0 Å². The Hall–Kier alpha value is -2.27. The number of hydrogen-bond donors (Lipinski definition) is 0. The Labute approximate surface area is 239 Å². The lowest BCUT2D eigenvalue weighted by molar-refractivity contribution is -0.157. The SMILES string of the molecule is CCCCCCCCOc1ccc(-c2ccc(OC[C@H]3CC[C@H](OC(=O)[C@@H](F)CCCC)CC3)cc2)cc1Cl. The van der Waals surface area contributed by atoms with E-state index >= 15 is 0 Å². The van der Waals surface area contributed by atoms with Crippen LogP contribution in [0.25, 0.3) is 11.1 Å². The molecule has 1 saturated carbocycles. The lowest BCUT2D eigenvalue weighted by Gasteiger charge is -2.28. The number of carbonyl (C=O) groups is 1. The van der Waals surface area contributed by atoms with Crippen molar-refractivity contribution in [1.29, 1.82) is 0 Å². The first-order chi connectivity index (χ1) is 19.0. The van der Waals surface area contributed by atoms with Gasteiger partial charge in [-0.15, -0.1) is 0 Å². The molecular formula is C33H46ClFO4. The van der Waals surface area contributed by atoms with Gasteiger partial charge in [-0.1, -0.05) is 88.6 Å². The van der Waals surface area contributed by atoms with Gasteiger partial charge in [0.1, 0.15) is 17.6 Å². The number of ether oxygens (including phenoxy) is 3. The number of benzene rings is 2. The Balaban J connectivity index is 1.37. The molecule has 6 heteroatoms. The van der Waals surface area contributed by atoms with Crippen molar-refractivity contribution in [2.24, 2.45) is 5.92 Å². The van der Waals surface area contributed by atoms with Crippen LogP contribution in [0.5, 0.6) is 11.5 Å². The predicted molar refractivity (Wildman–Crippen MR) is 158 cm³/mol. The molecule has 0 spiro atoms. The highest BCUT2D eigenvalue weighted by molar-refractivity contribution is 6.32. The summed E-state index contributed by atoms with van der Waals surface area (Å²) in [4.78, 5) is 11.9. The van der Waals surface area contributed by atoms with Crippen molar-refractivity contribution in [3.63, 3.8) is 0 Å². The van der Waals surface area contributed by atoms with Crippen LogP contribution in [-0.4, -0.2) is 31.5 Å². The lowest BCUT2D eigenvalue weighted by atomic mass is 9.88. The van der Waals surface area contributed by atoms with Crippen molar-refractivity contribution < 1.29 is 23.4 Å². The van der Waals surface area contributed by atoms with Crippen molar-refractivity contribution in [3.05, 3.63) is 47.5 Å². The van der Waals surface area contributed by atoms with Crippen LogP contribution in [0.4, 0.5) is 4.39 Å². The van der Waals surface area contributed by atoms with Gasteiger partial charge in [0, 0.05) is 0 Å². The molecule has 0 saturated heterocycles. The zero-order valence-electron chi connectivity index (χ0n) is 23.8. The van der Waals surface area contributed by atoms with Gasteiger partial charge >= 0.3 is 5.97 Å². The van der Waals surface area contributed by atoms with Gasteiger partial charge in [0.05, 0.1) is 18.2 Å². The molecule has 4 nitrogen and oxygen atoms in total. The number of carbonyl (C=O) groups excluding carboxylic acids is 1. The molecule has 39 heavy (non-hydrogen) atoms. The Bertz CT molecular complexity index is 972. The largest absolute Gasteiger partial charge is 0.493 e. The van der Waals surface area contributed by atoms with Crippen molar-refractivity contribution in [2.75, 3.05) is 13.2 Å². The number of rotatable bonds is 17. The molecule has 1 fully saturated rings. The fraction of sp³-hybridized carbons (Fsp3) is 0.606. The smallest absolute Gasteiger partial charge is 0.340 e. The molecule has 0 aliphatic heterocycles. The molecule has 0 unspecified atom stereocenters. The monoisotopic (exact) mass is 560 g/mol. The van der Waals surface area contributed by atoms with Crippen LogP contribution in [0.15, 0.2) is 42.5 Å². The van der Waals surface area contributed by atoms with Crippen LogP contribution in [0.1, 0.15) is 97.3 Å². The highest BCUT2D eigenvalue weighted by Gasteiger charge is 2.27. The normalized spacial score (nSPS) is 17.9. The minimum atomic E-state index is -1.49. The first-order valence-corrected chi connectivity index (χ1v) is 15.4. The molecule has 0 amide bonds. The van der Waals surface area contributed by atoms with Crippen LogP contribution < -0.4 is 9.47 Å². The van der Waals surface area contributed by atoms with E-state index in [2.05, 4.69) is 6.92 Å². The summed E-state index contributed by atoms with van der Waals surface area (Å²) in [7, 11) is 0. The van der Waals surface area contributed by atoms with Gasteiger partial charge in [0.15, 0.2) is 6.17 Å². The number of hydrogen-bond acceptors (Lipinski definition) is 4. The number of alkyl halides is 1. The summed E-state index contributed by atoms with van der Waals surface area (Å²) in [6.45, 7) is 5.53. The average molecular weight is 561 g/mol. The summed E-state index contributed by atoms with van der Waals surface area (Å²) < 4.78 is 31.2. The van der Waals surface area contributed by atoms with Crippen LogP contribution in [0, 0.1) is 5.92 Å². The molecule has 0 heterocycles. The van der Waals surface area contributed by atoms with E-state index < -0.39 is 12.1 Å². The molecule has 216 valence electrons. The predicted octanol–water partition coefficient (Wildman–Crippen LogP) is 9.76. The maximum atomic E-state index is 13.9. The van der Waals surface area contributed by atoms with Gasteiger partial charge in [-0.05, 0) is 79.8 Å². The molecule has 0 radical (unpaired) electrons. The summed E-state index contributed by atoms with van der Waals surface area (Å²) >= 11 is 6.51. The molecule has 3 rings (SSSR count). The second-order valence-electron chi connectivity index (χ2n) is 10.8. The fourth-order valence-electron chi connectivity index (χ4n) is 4.98. The summed E-state index contributed by atoms with van der Waals surface area (Å²) in [6, 6.07) is 14.0. The Morgan fingerprint density at radius 1 is 0.872 bits per heavy atom. The number of esters is 1. The molecule has 0 N–H and O–H groups in total. The van der Waals surface area contributed by atoms with Crippen LogP contribution in [0.3, 0.4) is 0 Å². The van der Waals surface area contributed by atoms with E-state index in [4.69, 9.17) is 25.8 Å². The Morgan fingerprint density at radius 3 is 2.23 bits per heavy atom. The molecule has 1 atom stereocenters. The molecule has 2 aromatic carbocycles. The van der Waals surface area contributed by atoms with E-state index in [-0.39, 0.29) is 12.5 Å². The van der Waals surface area contributed by atoms with Crippen molar-refractivity contribution in [2.45, 2.75) is 110 Å². The molecule has 1 aliphatic carbocycles. The van der Waals surface area contributed by atoms with Crippen LogP contribution >= 0.6 is 11.6 Å². The van der Waals surface area contributed by atoms with E-state index in [1.807, 2.05) is 49.4 Å². The van der Waals surface area contributed by atoms with Gasteiger partial charge in [0.25, 0.3) is 0 Å². The third-order valence-electron chi connectivity index (χ3n) is 7.50. The second-order valence-corrected chi connectivity index (χ2v) is 11.2. The van der Waals surface area contributed by atoms with Crippen molar-refractivity contribution in [1.82, 2.24) is 0 Å². The standard InChI is InChI=1S/C33H46ClFO4/c1-3-5-7-8-9-10-22-37-32-21-16-27(23-30(32)34)26-14-19-28(20-15-26)38-24-25-12-17-29(18-13-25)39-33(36)31(35)11-6-4-2/h14-16,19-21,23,25,29,31H,3-13,17-18,22,24H2,1-2H3/t25-,29-,31-/m0/s1. The van der Waals surface area contributed by atoms with Crippen molar-refractivity contribution >= 4 is 17.6 Å². The van der Waals surface area contributed by atoms with Crippen LogP contribution in [-0.2, 0) is 9.53 Å². The van der Waals surface area contributed by atoms with E-state index in [0.29, 0.717) is 30.6 Å². The highest BCUT2D eigenvalue weighted by Crippen LogP contribution is 2.32. The minimum absolute atomic E-state index is 0.174. The summed E-state index contributed by atoms with van der Waals surface area (Å²) in [5, 5.41) is 0.628. The van der Waals surface area contributed by atoms with Gasteiger partial charge in [-0.3, -0.25) is 0 Å². The number of unbranched alkanes of at least 4 members (excludes halogenated alkanes) is 6. The first-order valence-electron chi connectivity index (χ1n) is 15.0. The summed E-state index contributed by atoms with van der Waals surface area (Å²) in [5.41, 5.74) is 2.11. The van der Waals surface area contributed by atoms with Gasteiger partial charge in [0.2, 0.25) is 0 Å². The quantitative estimate of drug-likeness (QED) is 0.143.